The van der Waals surface area contributed by atoms with Gasteiger partial charge in [-0.15, -0.1) is 0 Å². The average Bonchev–Trinajstić information content (AvgIpc) is 3.46. The maximum Gasteiger partial charge on any atom is 0.330 e. The Morgan fingerprint density at radius 2 is 1.88 bits per heavy atom. The number of benzene rings is 1. The van der Waals surface area contributed by atoms with Gasteiger partial charge in [-0.2, -0.15) is 4.98 Å². The van der Waals surface area contributed by atoms with Crippen molar-refractivity contribution in [2.45, 2.75) is 38.1 Å². The van der Waals surface area contributed by atoms with Gasteiger partial charge in [-0.25, -0.2) is 9.78 Å². The lowest BCUT2D eigenvalue weighted by atomic mass is 10.1. The Morgan fingerprint density at radius 1 is 1.12 bits per heavy atom. The number of nitrogens with one attached hydrogen (secondary N) is 1. The number of hydrogen-bond donors (Lipinski definition) is 1. The van der Waals surface area contributed by atoms with Crippen molar-refractivity contribution in [3.8, 4) is 5.75 Å². The highest BCUT2D eigenvalue weighted by molar-refractivity contribution is 5.73. The average molecular weight is 466 g/mol. The first-order chi connectivity index (χ1) is 16.5. The molecule has 0 amide bonds. The number of fused-ring (bicyclic) bond motifs is 1. The minimum Gasteiger partial charge on any atom is -0.495 e. The van der Waals surface area contributed by atoms with E-state index in [0.29, 0.717) is 11.6 Å². The highest BCUT2D eigenvalue weighted by Gasteiger charge is 2.24. The quantitative estimate of drug-likeness (QED) is 0.575. The van der Waals surface area contributed by atoms with Crippen LogP contribution in [0.3, 0.4) is 0 Å². The lowest BCUT2D eigenvalue weighted by Crippen LogP contribution is -2.45. The smallest absolute Gasteiger partial charge is 0.330 e. The topological polar surface area (TPSA) is 80.5 Å². The summed E-state index contributed by atoms with van der Waals surface area (Å²) >= 11 is 0. The maximum absolute atomic E-state index is 12.9. The van der Waals surface area contributed by atoms with Gasteiger partial charge in [0, 0.05) is 45.8 Å². The van der Waals surface area contributed by atoms with Gasteiger partial charge in [-0.05, 0) is 44.0 Å². The molecule has 34 heavy (non-hydrogen) atoms. The van der Waals surface area contributed by atoms with Crippen LogP contribution in [0, 0.1) is 0 Å². The van der Waals surface area contributed by atoms with Gasteiger partial charge < -0.3 is 19.9 Å². The molecule has 1 N–H and O–H groups in total. The molecule has 2 aromatic heterocycles. The van der Waals surface area contributed by atoms with Crippen LogP contribution in [0.4, 0.5) is 11.6 Å². The van der Waals surface area contributed by atoms with Crippen LogP contribution < -0.4 is 15.7 Å². The Bertz CT molecular complexity index is 1200. The summed E-state index contributed by atoms with van der Waals surface area (Å²) in [6.07, 6.45) is 7.07. The van der Waals surface area contributed by atoms with Crippen LogP contribution in [0.1, 0.15) is 37.3 Å². The second-order valence-corrected chi connectivity index (χ2v) is 9.61. The van der Waals surface area contributed by atoms with E-state index in [1.165, 1.54) is 5.56 Å². The normalized spacial score (nSPS) is 18.1. The van der Waals surface area contributed by atoms with Gasteiger partial charge in [0.15, 0.2) is 5.65 Å². The van der Waals surface area contributed by atoms with E-state index in [9.17, 15) is 4.79 Å². The van der Waals surface area contributed by atoms with Gasteiger partial charge in [0.05, 0.1) is 19.0 Å². The van der Waals surface area contributed by atoms with E-state index in [-0.39, 0.29) is 11.7 Å². The highest BCUT2D eigenvalue weighted by Crippen LogP contribution is 2.32. The summed E-state index contributed by atoms with van der Waals surface area (Å²) in [6, 6.07) is 6.47. The molecule has 0 spiro atoms. The first kappa shape index (κ1) is 22.9. The van der Waals surface area contributed by atoms with E-state index in [1.54, 1.807) is 24.9 Å². The number of aryl methyl sites for hydroxylation is 1. The van der Waals surface area contributed by atoms with Crippen LogP contribution in [0.2, 0.25) is 0 Å². The number of rotatable bonds is 7. The van der Waals surface area contributed by atoms with Crippen LogP contribution >= 0.6 is 0 Å². The van der Waals surface area contributed by atoms with Crippen molar-refractivity contribution in [1.29, 1.82) is 0 Å². The summed E-state index contributed by atoms with van der Waals surface area (Å²) in [6.45, 7) is 5.56. The molecule has 1 aliphatic carbocycles. The van der Waals surface area contributed by atoms with Crippen molar-refractivity contribution in [2.75, 3.05) is 52.2 Å². The van der Waals surface area contributed by atoms with E-state index >= 15 is 0 Å². The Kier molecular flexibility index (Phi) is 6.56. The standard InChI is InChI=1S/C25H35N7O2/c1-29-12-14-31(15-13-29)11-10-18-8-9-20(22(16-18)34-3)27-24-26-17-21-23(28-24)32(25(33)30(21)2)19-6-4-5-7-19/h8-9,16-17,19H,4-7,10-15H2,1-3H3,(H,26,27,28). The SMILES string of the molecule is COc1cc(CCN2CCN(C)CC2)ccc1Nc1ncc2c(n1)n(C1CCCC1)c(=O)n2C. The third kappa shape index (κ3) is 4.54. The second kappa shape index (κ2) is 9.76. The first-order valence-corrected chi connectivity index (χ1v) is 12.3. The monoisotopic (exact) mass is 465 g/mol. The molecule has 0 atom stereocenters. The number of ether oxygens (including phenoxy) is 1. The number of piperazine rings is 1. The molecule has 1 saturated heterocycles. The summed E-state index contributed by atoms with van der Waals surface area (Å²) in [5.41, 5.74) is 3.50. The lowest BCUT2D eigenvalue weighted by Gasteiger charge is -2.32. The third-order valence-electron chi connectivity index (χ3n) is 7.35. The first-order valence-electron chi connectivity index (χ1n) is 12.3. The molecule has 0 radical (unpaired) electrons. The van der Waals surface area contributed by atoms with E-state index in [4.69, 9.17) is 9.72 Å². The van der Waals surface area contributed by atoms with Crippen LogP contribution in [-0.2, 0) is 13.5 Å². The molecule has 1 saturated carbocycles. The number of imidazole rings is 1. The van der Waals surface area contributed by atoms with Crippen LogP contribution in [-0.4, -0.2) is 75.8 Å². The lowest BCUT2D eigenvalue weighted by molar-refractivity contribution is 0.155. The third-order valence-corrected chi connectivity index (χ3v) is 7.35. The van der Waals surface area contributed by atoms with Crippen LogP contribution in [0.25, 0.3) is 11.2 Å². The molecule has 2 aliphatic rings. The summed E-state index contributed by atoms with van der Waals surface area (Å²) in [7, 11) is 5.65. The molecule has 9 nitrogen and oxygen atoms in total. The zero-order valence-electron chi connectivity index (χ0n) is 20.5. The van der Waals surface area contributed by atoms with Crippen molar-refractivity contribution in [2.24, 2.45) is 7.05 Å². The molecule has 1 aliphatic heterocycles. The van der Waals surface area contributed by atoms with Crippen molar-refractivity contribution >= 4 is 22.8 Å². The van der Waals surface area contributed by atoms with Gasteiger partial charge in [-0.3, -0.25) is 9.13 Å². The molecular weight excluding hydrogens is 430 g/mol. The fraction of sp³-hybridized carbons (Fsp3) is 0.560. The van der Waals surface area contributed by atoms with Gasteiger partial charge in [0.25, 0.3) is 0 Å². The minimum absolute atomic E-state index is 0.0179. The molecule has 3 aromatic rings. The minimum atomic E-state index is -0.0179. The summed E-state index contributed by atoms with van der Waals surface area (Å²) in [4.78, 5) is 27.0. The molecule has 3 heterocycles. The molecule has 1 aromatic carbocycles. The summed E-state index contributed by atoms with van der Waals surface area (Å²) in [5.74, 6) is 1.23. The Balaban J connectivity index is 1.34. The van der Waals surface area contributed by atoms with Gasteiger partial charge >= 0.3 is 5.69 Å². The molecule has 182 valence electrons. The molecule has 9 heteroatoms. The van der Waals surface area contributed by atoms with Crippen molar-refractivity contribution in [3.63, 3.8) is 0 Å². The number of aromatic nitrogens is 4. The van der Waals surface area contributed by atoms with E-state index in [2.05, 4.69) is 39.3 Å². The van der Waals surface area contributed by atoms with Gasteiger partial charge in [0.2, 0.25) is 5.95 Å². The summed E-state index contributed by atoms with van der Waals surface area (Å²) < 4.78 is 9.18. The zero-order chi connectivity index (χ0) is 23.7. The van der Waals surface area contributed by atoms with Crippen molar-refractivity contribution in [3.05, 3.63) is 40.4 Å². The fourth-order valence-electron chi connectivity index (χ4n) is 5.16. The molecule has 0 bridgehead atoms. The molecule has 2 fully saturated rings. The maximum atomic E-state index is 12.9. The predicted molar refractivity (Wildman–Crippen MR) is 134 cm³/mol. The molecule has 0 unspecified atom stereocenters. The highest BCUT2D eigenvalue weighted by atomic mass is 16.5. The number of likely N-dealkylation sites (N-methyl/N-ethyl adjacent to an activating group) is 1. The van der Waals surface area contributed by atoms with Gasteiger partial charge in [0.1, 0.15) is 11.3 Å². The Labute approximate surface area is 200 Å². The summed E-state index contributed by atoms with van der Waals surface area (Å²) in [5, 5.41) is 3.31. The van der Waals surface area contributed by atoms with E-state index in [0.717, 1.165) is 81.8 Å². The Hall–Kier alpha value is -2.91. The molecule has 5 rings (SSSR count). The van der Waals surface area contributed by atoms with Crippen molar-refractivity contribution < 1.29 is 4.74 Å². The van der Waals surface area contributed by atoms with Crippen LogP contribution in [0.5, 0.6) is 5.75 Å². The fourth-order valence-corrected chi connectivity index (χ4v) is 5.16. The molecular formula is C25H35N7O2. The second-order valence-electron chi connectivity index (χ2n) is 9.61. The number of methoxy groups -OCH3 is 1. The number of anilines is 2. The van der Waals surface area contributed by atoms with Crippen LogP contribution in [0.15, 0.2) is 29.2 Å². The van der Waals surface area contributed by atoms with Crippen molar-refractivity contribution in [1.82, 2.24) is 28.9 Å². The number of nitrogens with zero attached hydrogens (tertiary/aromatic N) is 6. The zero-order valence-corrected chi connectivity index (χ0v) is 20.5. The number of hydrogen-bond acceptors (Lipinski definition) is 7. The van der Waals surface area contributed by atoms with Gasteiger partial charge in [-0.1, -0.05) is 18.9 Å². The Morgan fingerprint density at radius 3 is 2.62 bits per heavy atom. The van der Waals surface area contributed by atoms with E-state index in [1.807, 2.05) is 10.6 Å². The predicted octanol–water partition coefficient (Wildman–Crippen LogP) is 2.79. The van der Waals surface area contributed by atoms with E-state index < -0.39 is 0 Å². The largest absolute Gasteiger partial charge is 0.495 e.